The van der Waals surface area contributed by atoms with Crippen LogP contribution in [0.15, 0.2) is 0 Å². The van der Waals surface area contributed by atoms with E-state index in [0.717, 1.165) is 19.3 Å². The van der Waals surface area contributed by atoms with Crippen LogP contribution in [0.3, 0.4) is 0 Å². The zero-order valence-corrected chi connectivity index (χ0v) is 15.7. The van der Waals surface area contributed by atoms with Gasteiger partial charge in [0.1, 0.15) is 18.4 Å². The average Bonchev–Trinajstić information content (AvgIpc) is 2.60. The maximum Gasteiger partial charge on any atom is 0.306 e. The number of aliphatic hydroxyl groups excluding tert-OH is 2. The molecule has 1 aliphatic rings. The fourth-order valence-corrected chi connectivity index (χ4v) is 3.11. The normalized spacial score (nSPS) is 26.6. The molecule has 0 radical (unpaired) electrons. The zero-order valence-electron chi connectivity index (χ0n) is 15.7. The van der Waals surface area contributed by atoms with E-state index < -0.39 is 30.5 Å². The first-order chi connectivity index (χ1) is 12.1. The Balaban J connectivity index is 1.98. The highest BCUT2D eigenvalue weighted by Gasteiger charge is 2.39. The molecule has 6 nitrogen and oxygen atoms in total. The fourth-order valence-electron chi connectivity index (χ4n) is 3.11. The second-order valence-electron chi connectivity index (χ2n) is 7.10. The van der Waals surface area contributed by atoms with Crippen molar-refractivity contribution in [1.29, 1.82) is 0 Å². The molecule has 1 rings (SSSR count). The first kappa shape index (κ1) is 22.4. The van der Waals surface area contributed by atoms with E-state index in [1.807, 2.05) is 0 Å². The summed E-state index contributed by atoms with van der Waals surface area (Å²) in [5.74, 6) is -0.395. The summed E-state index contributed by atoms with van der Waals surface area (Å²) in [7, 11) is 0. The van der Waals surface area contributed by atoms with Crippen molar-refractivity contribution in [3.05, 3.63) is 0 Å². The molecule has 1 unspecified atom stereocenters. The molecular formula is C19H37NO5. The quantitative estimate of drug-likeness (QED) is 0.345. The van der Waals surface area contributed by atoms with Crippen LogP contribution in [0, 0.1) is 0 Å². The van der Waals surface area contributed by atoms with Gasteiger partial charge in [0.2, 0.25) is 0 Å². The van der Waals surface area contributed by atoms with Gasteiger partial charge in [-0.25, -0.2) is 0 Å². The van der Waals surface area contributed by atoms with Gasteiger partial charge < -0.3 is 25.4 Å². The molecule has 25 heavy (non-hydrogen) atoms. The van der Waals surface area contributed by atoms with Gasteiger partial charge in [-0.15, -0.1) is 0 Å². The first-order valence-electron chi connectivity index (χ1n) is 9.99. The Labute approximate surface area is 152 Å². The van der Waals surface area contributed by atoms with Crippen LogP contribution in [0.1, 0.15) is 84.0 Å². The molecule has 0 bridgehead atoms. The van der Waals surface area contributed by atoms with Crippen LogP contribution < -0.4 is 5.73 Å². The molecule has 1 heterocycles. The number of nitrogens with two attached hydrogens (primary N) is 1. The van der Waals surface area contributed by atoms with Crippen molar-refractivity contribution in [3.63, 3.8) is 0 Å². The molecule has 6 heteroatoms. The highest BCUT2D eigenvalue weighted by atomic mass is 16.6. The third-order valence-electron chi connectivity index (χ3n) is 4.76. The Morgan fingerprint density at radius 3 is 2.08 bits per heavy atom. The molecule has 1 fully saturated rings. The van der Waals surface area contributed by atoms with Gasteiger partial charge in [-0.05, 0) is 6.42 Å². The molecule has 0 aromatic heterocycles. The smallest absolute Gasteiger partial charge is 0.306 e. The molecule has 0 aromatic carbocycles. The lowest BCUT2D eigenvalue weighted by atomic mass is 10.0. The van der Waals surface area contributed by atoms with Crippen LogP contribution in [0.25, 0.3) is 0 Å². The van der Waals surface area contributed by atoms with Gasteiger partial charge in [-0.2, -0.15) is 0 Å². The van der Waals surface area contributed by atoms with Crippen molar-refractivity contribution in [2.24, 2.45) is 5.73 Å². The number of carbonyl (C=O) groups is 1. The van der Waals surface area contributed by atoms with E-state index in [-0.39, 0.29) is 6.61 Å². The SMILES string of the molecule is CCCCCCCCCCCCCC(=O)O[C@H]1[C@H](O)COC(N)[C@@H]1O. The molecule has 0 saturated carbocycles. The summed E-state index contributed by atoms with van der Waals surface area (Å²) in [5, 5.41) is 19.6. The lowest BCUT2D eigenvalue weighted by molar-refractivity contribution is -0.206. The summed E-state index contributed by atoms with van der Waals surface area (Å²) in [6, 6.07) is 0. The second kappa shape index (κ2) is 13.5. The molecular weight excluding hydrogens is 322 g/mol. The maximum absolute atomic E-state index is 11.8. The Hall–Kier alpha value is -0.690. The second-order valence-corrected chi connectivity index (χ2v) is 7.10. The Bertz CT molecular complexity index is 353. The van der Waals surface area contributed by atoms with E-state index in [1.165, 1.54) is 51.4 Å². The number of aliphatic hydroxyl groups is 2. The van der Waals surface area contributed by atoms with Gasteiger partial charge in [0.25, 0.3) is 0 Å². The summed E-state index contributed by atoms with van der Waals surface area (Å²) in [4.78, 5) is 11.8. The molecule has 4 N–H and O–H groups in total. The number of ether oxygens (including phenoxy) is 2. The predicted octanol–water partition coefficient (Wildman–Crippen LogP) is 2.64. The molecule has 0 amide bonds. The number of hydrogen-bond donors (Lipinski definition) is 3. The van der Waals surface area contributed by atoms with Gasteiger partial charge in [0.15, 0.2) is 6.10 Å². The lowest BCUT2D eigenvalue weighted by Gasteiger charge is -2.35. The number of hydrogen-bond acceptors (Lipinski definition) is 6. The van der Waals surface area contributed by atoms with E-state index in [9.17, 15) is 15.0 Å². The zero-order chi connectivity index (χ0) is 18.5. The Morgan fingerprint density at radius 1 is 1.00 bits per heavy atom. The van der Waals surface area contributed by atoms with Crippen LogP contribution in [-0.4, -0.2) is 47.3 Å². The summed E-state index contributed by atoms with van der Waals surface area (Å²) < 4.78 is 10.2. The van der Waals surface area contributed by atoms with Crippen molar-refractivity contribution in [3.8, 4) is 0 Å². The van der Waals surface area contributed by atoms with Gasteiger partial charge >= 0.3 is 5.97 Å². The van der Waals surface area contributed by atoms with Crippen LogP contribution in [-0.2, 0) is 14.3 Å². The summed E-state index contributed by atoms with van der Waals surface area (Å²) in [6.07, 6.45) is 9.57. The minimum absolute atomic E-state index is 0.0331. The average molecular weight is 360 g/mol. The van der Waals surface area contributed by atoms with Crippen molar-refractivity contribution in [2.45, 2.75) is 109 Å². The van der Waals surface area contributed by atoms with Crippen LogP contribution in [0.4, 0.5) is 0 Å². The van der Waals surface area contributed by atoms with E-state index in [2.05, 4.69) is 6.92 Å². The minimum Gasteiger partial charge on any atom is -0.457 e. The van der Waals surface area contributed by atoms with Gasteiger partial charge in [-0.1, -0.05) is 71.1 Å². The minimum atomic E-state index is -1.19. The standard InChI is InChI=1S/C19H37NO5/c1-2-3-4-5-6-7-8-9-10-11-12-13-16(22)25-18-15(21)14-24-19(20)17(18)23/h15,17-19,21,23H,2-14,20H2,1H3/t15-,17-,18+,19?/m1/s1. The lowest BCUT2D eigenvalue weighted by Crippen LogP contribution is -2.57. The summed E-state index contributed by atoms with van der Waals surface area (Å²) in [6.45, 7) is 2.20. The van der Waals surface area contributed by atoms with E-state index >= 15 is 0 Å². The Morgan fingerprint density at radius 2 is 1.52 bits per heavy atom. The third kappa shape index (κ3) is 9.54. The van der Waals surface area contributed by atoms with Crippen molar-refractivity contribution in [1.82, 2.24) is 0 Å². The monoisotopic (exact) mass is 359 g/mol. The summed E-state index contributed by atoms with van der Waals surface area (Å²) >= 11 is 0. The topological polar surface area (TPSA) is 102 Å². The first-order valence-corrected chi connectivity index (χ1v) is 9.99. The van der Waals surface area contributed by atoms with Crippen LogP contribution >= 0.6 is 0 Å². The van der Waals surface area contributed by atoms with Crippen LogP contribution in [0.2, 0.25) is 0 Å². The van der Waals surface area contributed by atoms with Crippen molar-refractivity contribution >= 4 is 5.97 Å². The molecule has 148 valence electrons. The number of unbranched alkanes of at least 4 members (excludes halogenated alkanes) is 10. The predicted molar refractivity (Wildman–Crippen MR) is 96.9 cm³/mol. The maximum atomic E-state index is 11.8. The molecule has 1 saturated heterocycles. The van der Waals surface area contributed by atoms with Crippen LogP contribution in [0.5, 0.6) is 0 Å². The third-order valence-corrected chi connectivity index (χ3v) is 4.76. The number of rotatable bonds is 13. The van der Waals surface area contributed by atoms with Gasteiger partial charge in [0.05, 0.1) is 6.61 Å². The van der Waals surface area contributed by atoms with E-state index in [1.54, 1.807) is 0 Å². The van der Waals surface area contributed by atoms with E-state index in [4.69, 9.17) is 15.2 Å². The van der Waals surface area contributed by atoms with Gasteiger partial charge in [-0.3, -0.25) is 4.79 Å². The number of carbonyl (C=O) groups excluding carboxylic acids is 1. The largest absolute Gasteiger partial charge is 0.457 e. The van der Waals surface area contributed by atoms with Crippen molar-refractivity contribution in [2.75, 3.05) is 6.61 Å². The van der Waals surface area contributed by atoms with Gasteiger partial charge in [0, 0.05) is 6.42 Å². The molecule has 4 atom stereocenters. The molecule has 1 aliphatic heterocycles. The molecule has 0 aliphatic carbocycles. The summed E-state index contributed by atoms with van der Waals surface area (Å²) in [5.41, 5.74) is 5.55. The molecule has 0 spiro atoms. The highest BCUT2D eigenvalue weighted by molar-refractivity contribution is 5.69. The fraction of sp³-hybridized carbons (Fsp3) is 0.947. The van der Waals surface area contributed by atoms with E-state index in [0.29, 0.717) is 6.42 Å². The van der Waals surface area contributed by atoms with Crippen molar-refractivity contribution < 1.29 is 24.5 Å². The molecule has 0 aromatic rings. The number of esters is 1. The highest BCUT2D eigenvalue weighted by Crippen LogP contribution is 2.17. The Kier molecular flexibility index (Phi) is 12.1.